The number of thiophene rings is 1. The Balaban J connectivity index is 1.96. The number of ether oxygens (including phenoxy) is 1. The number of nitriles is 1. The van der Waals surface area contributed by atoms with Crippen LogP contribution in [0.2, 0.25) is 5.02 Å². The van der Waals surface area contributed by atoms with Gasteiger partial charge < -0.3 is 9.84 Å². The molecule has 0 bridgehead atoms. The second kappa shape index (κ2) is 6.61. The first-order valence-electron chi connectivity index (χ1n) is 7.29. The smallest absolute Gasteiger partial charge is 0.176 e. The van der Waals surface area contributed by atoms with Crippen molar-refractivity contribution in [1.82, 2.24) is 0 Å². The van der Waals surface area contributed by atoms with Gasteiger partial charge in [0.1, 0.15) is 11.1 Å². The monoisotopic (exact) mass is 346 g/mol. The van der Waals surface area contributed by atoms with E-state index in [-0.39, 0.29) is 10.8 Å². The topological polar surface area (TPSA) is 65.6 Å². The summed E-state index contributed by atoms with van der Waals surface area (Å²) in [5.41, 5.74) is 2.56. The summed E-state index contributed by atoms with van der Waals surface area (Å²) in [5, 5.41) is 20.1. The van der Waals surface area contributed by atoms with Crippen LogP contribution in [0.3, 0.4) is 0 Å². The molecule has 23 heavy (non-hydrogen) atoms. The number of aliphatic imine (C=N–C) groups is 1. The molecule has 0 spiro atoms. The number of methoxy groups -OCH3 is 1. The van der Waals surface area contributed by atoms with Gasteiger partial charge >= 0.3 is 0 Å². The SMILES string of the molecule is COc1cc(C=Nc2sc3c(c2C#N)CCCC3)cc(Cl)c1O. The zero-order valence-electron chi connectivity index (χ0n) is 12.6. The third-order valence-electron chi connectivity index (χ3n) is 3.87. The fraction of sp³-hybridized carbons (Fsp3) is 0.294. The van der Waals surface area contributed by atoms with E-state index in [1.165, 1.54) is 18.4 Å². The summed E-state index contributed by atoms with van der Waals surface area (Å²) in [5.74, 6) is 0.209. The average Bonchev–Trinajstić information content (AvgIpc) is 2.93. The van der Waals surface area contributed by atoms with Crippen LogP contribution in [0.4, 0.5) is 5.00 Å². The Morgan fingerprint density at radius 1 is 1.39 bits per heavy atom. The second-order valence-electron chi connectivity index (χ2n) is 5.31. The molecular formula is C17H15ClN2O2S. The van der Waals surface area contributed by atoms with Crippen molar-refractivity contribution in [1.29, 1.82) is 5.26 Å². The molecule has 6 heteroatoms. The van der Waals surface area contributed by atoms with Crippen LogP contribution in [0.1, 0.15) is 34.4 Å². The molecule has 2 aromatic rings. The number of nitrogens with zero attached hydrogens (tertiary/aromatic N) is 2. The lowest BCUT2D eigenvalue weighted by molar-refractivity contribution is 0.373. The molecule has 0 saturated heterocycles. The highest BCUT2D eigenvalue weighted by Gasteiger charge is 2.20. The minimum Gasteiger partial charge on any atom is -0.503 e. The molecule has 0 radical (unpaired) electrons. The number of phenolic OH excluding ortho intramolecular Hbond substituents is 1. The molecule has 3 rings (SSSR count). The average molecular weight is 347 g/mol. The maximum Gasteiger partial charge on any atom is 0.176 e. The molecule has 1 aromatic carbocycles. The number of hydrogen-bond donors (Lipinski definition) is 1. The number of hydrogen-bond acceptors (Lipinski definition) is 5. The van der Waals surface area contributed by atoms with Gasteiger partial charge in [-0.1, -0.05) is 11.6 Å². The van der Waals surface area contributed by atoms with Crippen LogP contribution in [-0.4, -0.2) is 18.4 Å². The van der Waals surface area contributed by atoms with Crippen LogP contribution < -0.4 is 4.74 Å². The molecule has 1 aromatic heterocycles. The van der Waals surface area contributed by atoms with Crippen molar-refractivity contribution in [2.75, 3.05) is 7.11 Å². The molecule has 0 fully saturated rings. The van der Waals surface area contributed by atoms with Crippen molar-refractivity contribution in [2.24, 2.45) is 4.99 Å². The molecule has 4 nitrogen and oxygen atoms in total. The summed E-state index contributed by atoms with van der Waals surface area (Å²) < 4.78 is 5.08. The van der Waals surface area contributed by atoms with Gasteiger partial charge in [-0.2, -0.15) is 5.26 Å². The van der Waals surface area contributed by atoms with Crippen LogP contribution in [0.25, 0.3) is 0 Å². The molecule has 0 aliphatic heterocycles. The summed E-state index contributed by atoms with van der Waals surface area (Å²) in [4.78, 5) is 5.75. The van der Waals surface area contributed by atoms with Gasteiger partial charge in [-0.05, 0) is 48.9 Å². The van der Waals surface area contributed by atoms with Gasteiger partial charge in [-0.25, -0.2) is 4.99 Å². The Kier molecular flexibility index (Phi) is 4.56. The van der Waals surface area contributed by atoms with E-state index in [9.17, 15) is 10.4 Å². The third-order valence-corrected chi connectivity index (χ3v) is 5.35. The van der Waals surface area contributed by atoms with Gasteiger partial charge in [0.25, 0.3) is 0 Å². The molecule has 118 valence electrons. The summed E-state index contributed by atoms with van der Waals surface area (Å²) in [6.07, 6.45) is 5.94. The molecule has 1 heterocycles. The molecule has 0 saturated carbocycles. The van der Waals surface area contributed by atoms with Crippen LogP contribution in [0.5, 0.6) is 11.5 Å². The van der Waals surface area contributed by atoms with Crippen LogP contribution in [-0.2, 0) is 12.8 Å². The first-order chi connectivity index (χ1) is 11.1. The van der Waals surface area contributed by atoms with Gasteiger partial charge in [-0.3, -0.25) is 0 Å². The Labute approximate surface area is 143 Å². The van der Waals surface area contributed by atoms with Crippen LogP contribution >= 0.6 is 22.9 Å². The summed E-state index contributed by atoms with van der Waals surface area (Å²) >= 11 is 7.57. The van der Waals surface area contributed by atoms with Crippen LogP contribution in [0.15, 0.2) is 17.1 Å². The largest absolute Gasteiger partial charge is 0.503 e. The Bertz CT molecular complexity index is 821. The van der Waals surface area contributed by atoms with E-state index in [0.29, 0.717) is 16.9 Å². The lowest BCUT2D eigenvalue weighted by Crippen LogP contribution is -1.99. The highest BCUT2D eigenvalue weighted by Crippen LogP contribution is 2.39. The third kappa shape index (κ3) is 3.05. The van der Waals surface area contributed by atoms with Gasteiger partial charge in [0.15, 0.2) is 11.5 Å². The fourth-order valence-electron chi connectivity index (χ4n) is 2.71. The van der Waals surface area contributed by atoms with E-state index >= 15 is 0 Å². The van der Waals surface area contributed by atoms with Crippen LogP contribution in [0, 0.1) is 11.3 Å². The standard InChI is InChI=1S/C17H15ClN2O2S/c1-22-14-7-10(6-13(18)16(14)21)9-20-17-12(8-19)11-4-2-3-5-15(11)23-17/h6-7,9,21H,2-5H2,1H3. The minimum absolute atomic E-state index is 0.0874. The number of benzene rings is 1. The van der Waals surface area contributed by atoms with Gasteiger partial charge in [0.05, 0.1) is 17.7 Å². The molecule has 1 aliphatic carbocycles. The Morgan fingerprint density at radius 3 is 2.91 bits per heavy atom. The minimum atomic E-state index is -0.0874. The molecule has 1 aliphatic rings. The predicted molar refractivity (Wildman–Crippen MR) is 92.6 cm³/mol. The molecule has 0 unspecified atom stereocenters. The zero-order valence-corrected chi connectivity index (χ0v) is 14.2. The van der Waals surface area contributed by atoms with Gasteiger partial charge in [-0.15, -0.1) is 11.3 Å². The number of rotatable bonds is 3. The number of halogens is 1. The number of aryl methyl sites for hydroxylation is 1. The van der Waals surface area contributed by atoms with Crippen molar-refractivity contribution in [3.63, 3.8) is 0 Å². The zero-order chi connectivity index (χ0) is 16.4. The lowest BCUT2D eigenvalue weighted by Gasteiger charge is -2.09. The number of aromatic hydroxyl groups is 1. The first kappa shape index (κ1) is 15.9. The van der Waals surface area contributed by atoms with Crippen molar-refractivity contribution >= 4 is 34.2 Å². The van der Waals surface area contributed by atoms with Crippen molar-refractivity contribution in [3.8, 4) is 17.6 Å². The summed E-state index contributed by atoms with van der Waals surface area (Å²) in [6, 6.07) is 5.56. The van der Waals surface area contributed by atoms with Crippen molar-refractivity contribution in [2.45, 2.75) is 25.7 Å². The molecular weight excluding hydrogens is 332 g/mol. The van der Waals surface area contributed by atoms with Crippen molar-refractivity contribution < 1.29 is 9.84 Å². The normalized spacial score (nSPS) is 13.8. The maximum atomic E-state index is 9.76. The van der Waals surface area contributed by atoms with E-state index in [0.717, 1.165) is 29.8 Å². The second-order valence-corrected chi connectivity index (χ2v) is 6.81. The van der Waals surface area contributed by atoms with E-state index < -0.39 is 0 Å². The first-order valence-corrected chi connectivity index (χ1v) is 8.48. The maximum absolute atomic E-state index is 9.76. The molecule has 1 N–H and O–H groups in total. The highest BCUT2D eigenvalue weighted by atomic mass is 35.5. The van der Waals surface area contributed by atoms with E-state index in [2.05, 4.69) is 11.1 Å². The number of phenols is 1. The highest BCUT2D eigenvalue weighted by molar-refractivity contribution is 7.16. The molecule has 0 amide bonds. The van der Waals surface area contributed by atoms with E-state index in [4.69, 9.17) is 16.3 Å². The summed E-state index contributed by atoms with van der Waals surface area (Å²) in [7, 11) is 1.47. The van der Waals surface area contributed by atoms with Gasteiger partial charge in [0, 0.05) is 11.1 Å². The molecule has 0 atom stereocenters. The van der Waals surface area contributed by atoms with E-state index in [1.807, 2.05) is 0 Å². The van der Waals surface area contributed by atoms with Crippen molar-refractivity contribution in [3.05, 3.63) is 38.7 Å². The number of fused-ring (bicyclic) bond motifs is 1. The Morgan fingerprint density at radius 2 is 2.17 bits per heavy atom. The lowest BCUT2D eigenvalue weighted by atomic mass is 9.96. The quantitative estimate of drug-likeness (QED) is 0.825. The summed E-state index contributed by atoms with van der Waals surface area (Å²) in [6.45, 7) is 0. The van der Waals surface area contributed by atoms with Gasteiger partial charge in [0.2, 0.25) is 0 Å². The van der Waals surface area contributed by atoms with E-state index in [1.54, 1.807) is 29.7 Å². The fourth-order valence-corrected chi connectivity index (χ4v) is 4.12. The Hall–Kier alpha value is -2.03. The predicted octanol–water partition coefficient (Wildman–Crippen LogP) is 4.62.